The van der Waals surface area contributed by atoms with Crippen molar-refractivity contribution in [3.8, 4) is 17.5 Å². The first kappa shape index (κ1) is 39.1. The Morgan fingerprint density at radius 1 is 0.909 bits per heavy atom. The maximum Gasteiger partial charge on any atom is 0.410 e. The van der Waals surface area contributed by atoms with Crippen molar-refractivity contribution < 1.29 is 28.8 Å². The van der Waals surface area contributed by atoms with Crippen LogP contribution in [-0.4, -0.2) is 92.8 Å². The standard InChI is InChI=1S/C41H52N8O6/c1-9-28(3)54-39-44-38(48(25-29-10-14-32(52-7)15-11-29)26-30-12-16-33(53-8)17-13-30)37-43-24-34(49(37)45-39)35(50)31-22-27(2)36(42-23-31)46-18-20-47(21-19-46)40(51)55-41(4,5)6/h10-17,22-24,28,35,50H,9,18-21,25-26H2,1-8H3/t28-,35?/m0/s1. The number of piperazine rings is 1. The van der Waals surface area contributed by atoms with Gasteiger partial charge in [0.1, 0.15) is 29.0 Å². The predicted molar refractivity (Wildman–Crippen MR) is 210 cm³/mol. The van der Waals surface area contributed by atoms with E-state index in [4.69, 9.17) is 39.0 Å². The van der Waals surface area contributed by atoms with Crippen molar-refractivity contribution in [3.05, 3.63) is 94.9 Å². The van der Waals surface area contributed by atoms with Crippen molar-refractivity contribution in [1.82, 2.24) is 29.5 Å². The molecule has 6 rings (SSSR count). The Morgan fingerprint density at radius 2 is 1.51 bits per heavy atom. The molecule has 1 aliphatic rings. The fourth-order valence-electron chi connectivity index (χ4n) is 6.35. The summed E-state index contributed by atoms with van der Waals surface area (Å²) in [4.78, 5) is 33.1. The second kappa shape index (κ2) is 16.8. The lowest BCUT2D eigenvalue weighted by Crippen LogP contribution is -2.50. The number of carbonyl (C=O) groups excluding carboxylic acids is 1. The lowest BCUT2D eigenvalue weighted by atomic mass is 10.1. The molecule has 0 bridgehead atoms. The van der Waals surface area contributed by atoms with Gasteiger partial charge in [0.15, 0.2) is 11.5 Å². The number of hydrogen-bond acceptors (Lipinski definition) is 12. The molecule has 0 radical (unpaired) electrons. The van der Waals surface area contributed by atoms with E-state index in [9.17, 15) is 9.90 Å². The molecule has 2 atom stereocenters. The number of hydrogen-bond donors (Lipinski definition) is 1. The zero-order valence-electron chi connectivity index (χ0n) is 33.0. The molecule has 14 heteroatoms. The molecule has 2 aromatic carbocycles. The van der Waals surface area contributed by atoms with Crippen LogP contribution in [0, 0.1) is 6.92 Å². The maximum absolute atomic E-state index is 12.6. The highest BCUT2D eigenvalue weighted by atomic mass is 16.6. The molecule has 1 saturated heterocycles. The zero-order valence-corrected chi connectivity index (χ0v) is 33.0. The van der Waals surface area contributed by atoms with E-state index in [-0.39, 0.29) is 18.2 Å². The molecule has 0 aliphatic carbocycles. The van der Waals surface area contributed by atoms with Crippen LogP contribution in [0.2, 0.25) is 0 Å². The SMILES string of the molecule is CC[C@H](C)Oc1nc(N(Cc2ccc(OC)cc2)Cc2ccc(OC)cc2)c2ncc(C(O)c3cnc(N4CCN(C(=O)OC(C)(C)C)CC4)c(C)c3)n2n1. The number of aryl methyl sites for hydroxylation is 1. The first-order valence-electron chi connectivity index (χ1n) is 18.7. The van der Waals surface area contributed by atoms with Crippen molar-refractivity contribution in [2.75, 3.05) is 50.2 Å². The number of benzene rings is 2. The topological polar surface area (TPSA) is 140 Å². The van der Waals surface area contributed by atoms with E-state index < -0.39 is 11.7 Å². The Labute approximate surface area is 322 Å². The summed E-state index contributed by atoms with van der Waals surface area (Å²) in [5.74, 6) is 2.89. The van der Waals surface area contributed by atoms with E-state index in [1.807, 2.05) is 96.1 Å². The van der Waals surface area contributed by atoms with Crippen LogP contribution in [0.5, 0.6) is 17.5 Å². The van der Waals surface area contributed by atoms with Crippen LogP contribution < -0.4 is 24.0 Å². The van der Waals surface area contributed by atoms with E-state index >= 15 is 0 Å². The number of pyridine rings is 1. The van der Waals surface area contributed by atoms with Crippen LogP contribution >= 0.6 is 0 Å². The van der Waals surface area contributed by atoms with Crippen LogP contribution in [0.1, 0.15) is 75.1 Å². The Kier molecular flexibility index (Phi) is 11.9. The normalized spacial score (nSPS) is 14.4. The number of ether oxygens (including phenoxy) is 4. The number of anilines is 2. The fraction of sp³-hybridized carbons (Fsp3) is 0.439. The largest absolute Gasteiger partial charge is 0.497 e. The first-order valence-corrected chi connectivity index (χ1v) is 18.7. The minimum Gasteiger partial charge on any atom is -0.497 e. The third-order valence-corrected chi connectivity index (χ3v) is 9.50. The molecule has 1 N–H and O–H groups in total. The monoisotopic (exact) mass is 752 g/mol. The molecule has 1 unspecified atom stereocenters. The van der Waals surface area contributed by atoms with Gasteiger partial charge < -0.3 is 38.8 Å². The van der Waals surface area contributed by atoms with Crippen LogP contribution in [0.3, 0.4) is 0 Å². The predicted octanol–water partition coefficient (Wildman–Crippen LogP) is 6.37. The van der Waals surface area contributed by atoms with E-state index in [2.05, 4.69) is 9.80 Å². The summed E-state index contributed by atoms with van der Waals surface area (Å²) in [6.45, 7) is 14.9. The second-order valence-electron chi connectivity index (χ2n) is 14.8. The van der Waals surface area contributed by atoms with Crippen molar-refractivity contribution in [2.45, 2.75) is 78.9 Å². The Hall–Kier alpha value is -5.63. The van der Waals surface area contributed by atoms with Crippen LogP contribution in [0.15, 0.2) is 67.0 Å². The number of aromatic nitrogens is 5. The molecule has 5 aromatic rings. The van der Waals surface area contributed by atoms with E-state index in [1.54, 1.807) is 36.0 Å². The summed E-state index contributed by atoms with van der Waals surface area (Å²) in [6, 6.07) is 17.9. The number of aliphatic hydroxyl groups excluding tert-OH is 1. The highest BCUT2D eigenvalue weighted by molar-refractivity contribution is 5.69. The van der Waals surface area contributed by atoms with Crippen LogP contribution in [0.25, 0.3) is 5.65 Å². The zero-order chi connectivity index (χ0) is 39.3. The average molecular weight is 753 g/mol. The minimum absolute atomic E-state index is 0.149. The number of fused-ring (bicyclic) bond motifs is 1. The summed E-state index contributed by atoms with van der Waals surface area (Å²) in [6.07, 6.45) is 2.51. The lowest BCUT2D eigenvalue weighted by molar-refractivity contribution is 0.0240. The molecule has 1 fully saturated rings. The van der Waals surface area contributed by atoms with E-state index in [1.165, 1.54) is 0 Å². The fourth-order valence-corrected chi connectivity index (χ4v) is 6.35. The van der Waals surface area contributed by atoms with Gasteiger partial charge >= 0.3 is 12.1 Å². The minimum atomic E-state index is -1.10. The van der Waals surface area contributed by atoms with Gasteiger partial charge in [-0.2, -0.15) is 4.98 Å². The number of methoxy groups -OCH3 is 2. The van der Waals surface area contributed by atoms with E-state index in [0.29, 0.717) is 62.0 Å². The number of imidazole rings is 1. The molecular formula is C41H52N8O6. The highest BCUT2D eigenvalue weighted by Crippen LogP contribution is 2.31. The summed E-state index contributed by atoms with van der Waals surface area (Å²) in [5, 5.41) is 16.7. The van der Waals surface area contributed by atoms with Gasteiger partial charge in [0.05, 0.1) is 32.2 Å². The summed E-state index contributed by atoms with van der Waals surface area (Å²) < 4.78 is 24.2. The number of amides is 1. The summed E-state index contributed by atoms with van der Waals surface area (Å²) in [7, 11) is 3.29. The van der Waals surface area contributed by atoms with Gasteiger partial charge in [0, 0.05) is 51.0 Å². The van der Waals surface area contributed by atoms with Crippen molar-refractivity contribution >= 4 is 23.4 Å². The average Bonchev–Trinajstić information content (AvgIpc) is 3.61. The number of rotatable bonds is 13. The molecule has 4 heterocycles. The van der Waals surface area contributed by atoms with Gasteiger partial charge in [-0.15, -0.1) is 5.10 Å². The molecular weight excluding hydrogens is 701 g/mol. The van der Waals surface area contributed by atoms with Gasteiger partial charge in [-0.05, 0) is 88.1 Å². The van der Waals surface area contributed by atoms with Gasteiger partial charge in [0.2, 0.25) is 0 Å². The Morgan fingerprint density at radius 3 is 2.04 bits per heavy atom. The van der Waals surface area contributed by atoms with Crippen molar-refractivity contribution in [3.63, 3.8) is 0 Å². The first-order chi connectivity index (χ1) is 26.3. The Bertz CT molecular complexity index is 2010. The maximum atomic E-state index is 12.6. The van der Waals surface area contributed by atoms with Crippen LogP contribution in [-0.2, 0) is 17.8 Å². The third-order valence-electron chi connectivity index (χ3n) is 9.50. The second-order valence-corrected chi connectivity index (χ2v) is 14.8. The van der Waals surface area contributed by atoms with Crippen LogP contribution in [0.4, 0.5) is 16.4 Å². The molecule has 3 aromatic heterocycles. The Balaban J connectivity index is 1.32. The molecule has 1 aliphatic heterocycles. The molecule has 55 heavy (non-hydrogen) atoms. The van der Waals surface area contributed by atoms with Gasteiger partial charge in [-0.25, -0.2) is 19.3 Å². The molecule has 1 amide bonds. The molecule has 14 nitrogen and oxygen atoms in total. The molecule has 0 saturated carbocycles. The smallest absolute Gasteiger partial charge is 0.410 e. The lowest BCUT2D eigenvalue weighted by Gasteiger charge is -2.36. The van der Waals surface area contributed by atoms with Gasteiger partial charge in [0.25, 0.3) is 0 Å². The highest BCUT2D eigenvalue weighted by Gasteiger charge is 2.28. The van der Waals surface area contributed by atoms with Crippen molar-refractivity contribution in [2.24, 2.45) is 0 Å². The number of carbonyl (C=O) groups is 1. The number of nitrogens with zero attached hydrogens (tertiary/aromatic N) is 8. The van der Waals surface area contributed by atoms with Gasteiger partial charge in [-0.1, -0.05) is 31.2 Å². The summed E-state index contributed by atoms with van der Waals surface area (Å²) >= 11 is 0. The summed E-state index contributed by atoms with van der Waals surface area (Å²) in [5.41, 5.74) is 3.93. The quantitative estimate of drug-likeness (QED) is 0.143. The number of aliphatic hydroxyl groups is 1. The van der Waals surface area contributed by atoms with Crippen molar-refractivity contribution in [1.29, 1.82) is 0 Å². The van der Waals surface area contributed by atoms with Gasteiger partial charge in [-0.3, -0.25) is 0 Å². The molecule has 0 spiro atoms. The third kappa shape index (κ3) is 9.37. The molecule has 292 valence electrons. The van der Waals surface area contributed by atoms with E-state index in [0.717, 1.165) is 40.4 Å².